The van der Waals surface area contributed by atoms with Crippen LogP contribution in [0.5, 0.6) is 11.5 Å². The number of ether oxygens (including phenoxy) is 2. The largest absolute Gasteiger partial charge is 0.497 e. The van der Waals surface area contributed by atoms with Crippen molar-refractivity contribution in [2.75, 3.05) is 19.5 Å². The van der Waals surface area contributed by atoms with Gasteiger partial charge in [0.05, 0.1) is 32.1 Å². The first-order valence-corrected chi connectivity index (χ1v) is 14.8. The highest BCUT2D eigenvalue weighted by molar-refractivity contribution is 9.09. The zero-order chi connectivity index (χ0) is 29.4. The molecule has 0 amide bonds. The molecule has 8 nitrogen and oxygen atoms in total. The first-order valence-electron chi connectivity index (χ1n) is 13.7. The number of benzene rings is 3. The summed E-state index contributed by atoms with van der Waals surface area (Å²) in [5.41, 5.74) is 4.93. The number of aryl methyl sites for hydroxylation is 2. The van der Waals surface area contributed by atoms with E-state index < -0.39 is 0 Å². The minimum Gasteiger partial charge on any atom is -0.497 e. The van der Waals surface area contributed by atoms with Gasteiger partial charge in [0.2, 0.25) is 0 Å². The highest BCUT2D eigenvalue weighted by Crippen LogP contribution is 2.36. The number of methoxy groups -OCH3 is 2. The molecule has 0 radical (unpaired) electrons. The van der Waals surface area contributed by atoms with Crippen LogP contribution < -0.4 is 15.2 Å². The van der Waals surface area contributed by atoms with E-state index in [1.165, 1.54) is 0 Å². The molecule has 0 saturated carbocycles. The molecule has 42 heavy (non-hydrogen) atoms. The molecule has 0 saturated heterocycles. The number of aromatic nitrogens is 4. The van der Waals surface area contributed by atoms with Gasteiger partial charge >= 0.3 is 5.69 Å². The summed E-state index contributed by atoms with van der Waals surface area (Å²) in [5.74, 6) is 1.23. The molecule has 3 heterocycles. The van der Waals surface area contributed by atoms with Crippen molar-refractivity contribution in [1.82, 2.24) is 18.3 Å². The maximum absolute atomic E-state index is 14.5. The van der Waals surface area contributed by atoms with Crippen molar-refractivity contribution in [2.45, 2.75) is 19.5 Å². The van der Waals surface area contributed by atoms with Crippen molar-refractivity contribution in [3.05, 3.63) is 101 Å². The fourth-order valence-electron chi connectivity index (χ4n) is 5.78. The third-order valence-electron chi connectivity index (χ3n) is 7.76. The van der Waals surface area contributed by atoms with Gasteiger partial charge in [0.15, 0.2) is 0 Å². The lowest BCUT2D eigenvalue weighted by Crippen LogP contribution is -2.24. The number of imidazole rings is 1. The maximum atomic E-state index is 14.5. The second-order valence-corrected chi connectivity index (χ2v) is 10.9. The maximum Gasteiger partial charge on any atom is 0.334 e. The van der Waals surface area contributed by atoms with E-state index in [2.05, 4.69) is 44.9 Å². The Morgan fingerprint density at radius 1 is 0.929 bits per heavy atom. The summed E-state index contributed by atoms with van der Waals surface area (Å²) >= 11 is 3.55. The fourth-order valence-corrected chi connectivity index (χ4v) is 6.03. The van der Waals surface area contributed by atoms with Crippen molar-refractivity contribution >= 4 is 37.7 Å². The van der Waals surface area contributed by atoms with Gasteiger partial charge in [-0.25, -0.2) is 4.79 Å². The standard InChI is InChI=1S/C33H30BrN5O3/c1-36-21-30(25-10-5-6-11-27(25)36)39-32(26-20-37(16-8-15-34)28-12-7-4-9-24(26)28)29(18-35)38(33(39)40)19-22-13-14-23(41-2)17-31(22)42-3/h4-7,9-14,17,20-21H,8,15-16,19H2,1-3H3. The van der Waals surface area contributed by atoms with Crippen molar-refractivity contribution in [3.63, 3.8) is 0 Å². The molecular weight excluding hydrogens is 594 g/mol. The fraction of sp³-hybridized carbons (Fsp3) is 0.212. The molecule has 212 valence electrons. The Labute approximate surface area is 251 Å². The van der Waals surface area contributed by atoms with E-state index in [0.29, 0.717) is 17.2 Å². The Morgan fingerprint density at radius 3 is 2.38 bits per heavy atom. The molecule has 0 spiro atoms. The van der Waals surface area contributed by atoms with E-state index in [1.54, 1.807) is 29.4 Å². The van der Waals surface area contributed by atoms with Gasteiger partial charge in [0.1, 0.15) is 23.3 Å². The van der Waals surface area contributed by atoms with Crippen LogP contribution in [0.4, 0.5) is 0 Å². The number of para-hydroxylation sites is 2. The van der Waals surface area contributed by atoms with E-state index in [9.17, 15) is 10.1 Å². The van der Waals surface area contributed by atoms with Gasteiger partial charge in [0, 0.05) is 70.3 Å². The molecular formula is C33H30BrN5O3. The molecule has 0 aliphatic heterocycles. The number of nitrogens with zero attached hydrogens (tertiary/aromatic N) is 5. The second-order valence-electron chi connectivity index (χ2n) is 10.1. The van der Waals surface area contributed by atoms with Crippen molar-refractivity contribution in [3.8, 4) is 34.5 Å². The van der Waals surface area contributed by atoms with Gasteiger partial charge < -0.3 is 18.6 Å². The summed E-state index contributed by atoms with van der Waals surface area (Å²) in [7, 11) is 5.14. The molecule has 9 heteroatoms. The molecule has 0 bridgehead atoms. The summed E-state index contributed by atoms with van der Waals surface area (Å²) in [6.07, 6.45) is 4.97. The molecule has 0 aliphatic rings. The molecule has 6 aromatic rings. The second kappa shape index (κ2) is 11.3. The van der Waals surface area contributed by atoms with Crippen LogP contribution in [-0.2, 0) is 20.1 Å². The van der Waals surface area contributed by atoms with Crippen LogP contribution in [0.2, 0.25) is 0 Å². The summed E-state index contributed by atoms with van der Waals surface area (Å²) in [6, 6.07) is 24.0. The number of nitriles is 1. The van der Waals surface area contributed by atoms with Crippen LogP contribution in [0, 0.1) is 11.3 Å². The van der Waals surface area contributed by atoms with Gasteiger partial charge in [-0.15, -0.1) is 0 Å². The predicted molar refractivity (Wildman–Crippen MR) is 169 cm³/mol. The van der Waals surface area contributed by atoms with Crippen LogP contribution in [0.1, 0.15) is 17.7 Å². The van der Waals surface area contributed by atoms with E-state index in [0.717, 1.165) is 56.9 Å². The predicted octanol–water partition coefficient (Wildman–Crippen LogP) is 6.47. The van der Waals surface area contributed by atoms with Crippen molar-refractivity contribution in [1.29, 1.82) is 5.26 Å². The Balaban J connectivity index is 1.68. The summed E-state index contributed by atoms with van der Waals surface area (Å²) in [4.78, 5) is 14.5. The smallest absolute Gasteiger partial charge is 0.334 e. The first-order chi connectivity index (χ1) is 20.5. The molecule has 0 aliphatic carbocycles. The number of alkyl halides is 1. The quantitative estimate of drug-likeness (QED) is 0.173. The van der Waals surface area contributed by atoms with E-state index in [1.807, 2.05) is 66.3 Å². The minimum atomic E-state index is -0.298. The minimum absolute atomic E-state index is 0.155. The van der Waals surface area contributed by atoms with Gasteiger partial charge in [0.25, 0.3) is 0 Å². The van der Waals surface area contributed by atoms with Crippen molar-refractivity contribution in [2.24, 2.45) is 7.05 Å². The zero-order valence-corrected chi connectivity index (χ0v) is 25.3. The first kappa shape index (κ1) is 27.5. The number of rotatable bonds is 9. The molecule has 0 fully saturated rings. The lowest BCUT2D eigenvalue weighted by atomic mass is 10.1. The Morgan fingerprint density at radius 2 is 1.67 bits per heavy atom. The number of halogens is 1. The lowest BCUT2D eigenvalue weighted by Gasteiger charge is -2.11. The normalized spacial score (nSPS) is 11.3. The van der Waals surface area contributed by atoms with Crippen LogP contribution >= 0.6 is 15.9 Å². The summed E-state index contributed by atoms with van der Waals surface area (Å²) in [6.45, 7) is 0.956. The average Bonchev–Trinajstić information content (AvgIpc) is 3.65. The zero-order valence-electron chi connectivity index (χ0n) is 23.7. The van der Waals surface area contributed by atoms with Gasteiger partial charge in [-0.3, -0.25) is 9.13 Å². The van der Waals surface area contributed by atoms with E-state index >= 15 is 0 Å². The van der Waals surface area contributed by atoms with Crippen molar-refractivity contribution < 1.29 is 9.47 Å². The van der Waals surface area contributed by atoms with Crippen LogP contribution in [0.15, 0.2) is 83.9 Å². The summed E-state index contributed by atoms with van der Waals surface area (Å²) in [5, 5.41) is 13.5. The Kier molecular flexibility index (Phi) is 7.40. The number of fused-ring (bicyclic) bond motifs is 2. The van der Waals surface area contributed by atoms with Gasteiger partial charge in [-0.05, 0) is 30.7 Å². The molecule has 6 rings (SSSR count). The van der Waals surface area contributed by atoms with Crippen LogP contribution in [0.25, 0.3) is 38.8 Å². The molecule has 0 atom stereocenters. The molecule has 3 aromatic heterocycles. The number of hydrogen-bond acceptors (Lipinski definition) is 4. The topological polar surface area (TPSA) is 79.0 Å². The molecule has 3 aromatic carbocycles. The Hall–Kier alpha value is -4.68. The van der Waals surface area contributed by atoms with Crippen LogP contribution in [0.3, 0.4) is 0 Å². The Bertz CT molecular complexity index is 2040. The molecule has 0 unspecified atom stereocenters. The summed E-state index contributed by atoms with van der Waals surface area (Å²) < 4.78 is 18.5. The SMILES string of the molecule is COc1ccc(Cn2c(C#N)c(-c3cn(CCCBr)c4ccccc34)n(-c3cn(C)c4ccccc34)c2=O)c(OC)c1. The third kappa shape index (κ3) is 4.48. The van der Waals surface area contributed by atoms with Crippen LogP contribution in [-0.4, -0.2) is 37.8 Å². The highest BCUT2D eigenvalue weighted by atomic mass is 79.9. The highest BCUT2D eigenvalue weighted by Gasteiger charge is 2.27. The molecule has 0 N–H and O–H groups in total. The van der Waals surface area contributed by atoms with Gasteiger partial charge in [-0.1, -0.05) is 52.3 Å². The lowest BCUT2D eigenvalue weighted by molar-refractivity contribution is 0.390. The van der Waals surface area contributed by atoms with E-state index in [4.69, 9.17) is 9.47 Å². The third-order valence-corrected chi connectivity index (χ3v) is 8.32. The van der Waals surface area contributed by atoms with Gasteiger partial charge in [-0.2, -0.15) is 5.26 Å². The monoisotopic (exact) mass is 623 g/mol. The number of hydrogen-bond donors (Lipinski definition) is 0. The average molecular weight is 625 g/mol. The van der Waals surface area contributed by atoms with E-state index in [-0.39, 0.29) is 17.9 Å².